The van der Waals surface area contributed by atoms with E-state index in [2.05, 4.69) is 10.6 Å². The van der Waals surface area contributed by atoms with E-state index in [1.165, 1.54) is 0 Å². The predicted octanol–water partition coefficient (Wildman–Crippen LogP) is 6.31. The second kappa shape index (κ2) is 10.1. The van der Waals surface area contributed by atoms with Crippen molar-refractivity contribution < 1.29 is 23.8 Å². The average Bonchev–Trinajstić information content (AvgIpc) is 2.72. The van der Waals surface area contributed by atoms with Crippen LogP contribution in [0.4, 0.5) is 21.9 Å². The molecule has 0 spiro atoms. The van der Waals surface area contributed by atoms with Crippen LogP contribution in [0.5, 0.6) is 11.5 Å². The molecule has 8 heteroatoms. The van der Waals surface area contributed by atoms with Gasteiger partial charge in [0.1, 0.15) is 29.2 Å². The third kappa shape index (κ3) is 7.81. The minimum atomic E-state index is -0.604. The van der Waals surface area contributed by atoms with Gasteiger partial charge in [-0.15, -0.1) is 0 Å². The summed E-state index contributed by atoms with van der Waals surface area (Å²) in [4.78, 5) is 24.3. The molecule has 8 nitrogen and oxygen atoms in total. The van der Waals surface area contributed by atoms with Gasteiger partial charge in [0.25, 0.3) is 0 Å². The largest absolute Gasteiger partial charge is 0.459 e. The third-order valence-corrected chi connectivity index (χ3v) is 4.59. The zero-order chi connectivity index (χ0) is 25.8. The molecule has 0 saturated heterocycles. The van der Waals surface area contributed by atoms with Crippen molar-refractivity contribution in [2.24, 2.45) is 0 Å². The van der Waals surface area contributed by atoms with Gasteiger partial charge < -0.3 is 25.3 Å². The van der Waals surface area contributed by atoms with Crippen LogP contribution in [0.25, 0.3) is 10.8 Å². The summed E-state index contributed by atoms with van der Waals surface area (Å²) in [5.74, 6) is 0.712. The summed E-state index contributed by atoms with van der Waals surface area (Å²) in [5.41, 5.74) is 6.53. The number of nitrogen functional groups attached to an aromatic ring is 1. The van der Waals surface area contributed by atoms with Crippen LogP contribution in [0.3, 0.4) is 0 Å². The maximum atomic E-state index is 12.3. The molecule has 186 valence electrons. The number of benzene rings is 3. The smallest absolute Gasteiger partial charge is 0.412 e. The zero-order valence-corrected chi connectivity index (χ0v) is 21.0. The van der Waals surface area contributed by atoms with E-state index in [-0.39, 0.29) is 12.5 Å². The molecule has 0 radical (unpaired) electrons. The second-order valence-corrected chi connectivity index (χ2v) is 10.1. The van der Waals surface area contributed by atoms with Crippen LogP contribution in [-0.2, 0) is 14.3 Å². The van der Waals surface area contributed by atoms with Gasteiger partial charge >= 0.3 is 12.1 Å². The van der Waals surface area contributed by atoms with E-state index >= 15 is 0 Å². The quantitative estimate of drug-likeness (QED) is 0.280. The molecule has 0 aliphatic carbocycles. The summed E-state index contributed by atoms with van der Waals surface area (Å²) in [6.45, 7) is 10.8. The van der Waals surface area contributed by atoms with Crippen molar-refractivity contribution >= 4 is 39.9 Å². The maximum absolute atomic E-state index is 12.3. The average molecular weight is 480 g/mol. The molecular weight excluding hydrogens is 446 g/mol. The normalized spacial score (nSPS) is 11.6. The lowest BCUT2D eigenvalue weighted by Gasteiger charge is -2.20. The Kier molecular flexibility index (Phi) is 7.43. The number of nitrogens with one attached hydrogen (secondary N) is 2. The number of hydrogen-bond acceptors (Lipinski definition) is 7. The molecule has 35 heavy (non-hydrogen) atoms. The predicted molar refractivity (Wildman–Crippen MR) is 139 cm³/mol. The standard InChI is InChI=1S/C27H33N3O5/c1-26(2,3)34-24(31)16-29-23-15-19(12-13-21(23)28)33-18-11-10-17-8-7-9-22(20(17)14-18)30-25(32)35-27(4,5)6/h7-15,29H,16,28H2,1-6H3,(H,30,32). The first kappa shape index (κ1) is 25.7. The highest BCUT2D eigenvalue weighted by Crippen LogP contribution is 2.32. The Morgan fingerprint density at radius 3 is 2.17 bits per heavy atom. The third-order valence-electron chi connectivity index (χ3n) is 4.59. The highest BCUT2D eigenvalue weighted by atomic mass is 16.6. The van der Waals surface area contributed by atoms with E-state index in [4.69, 9.17) is 19.9 Å². The van der Waals surface area contributed by atoms with Crippen molar-refractivity contribution in [2.75, 3.05) is 22.9 Å². The fourth-order valence-corrected chi connectivity index (χ4v) is 3.27. The monoisotopic (exact) mass is 479 g/mol. The lowest BCUT2D eigenvalue weighted by atomic mass is 10.1. The van der Waals surface area contributed by atoms with Crippen LogP contribution in [0, 0.1) is 0 Å². The van der Waals surface area contributed by atoms with Crippen LogP contribution in [0.2, 0.25) is 0 Å². The van der Waals surface area contributed by atoms with Crippen LogP contribution < -0.4 is 21.1 Å². The van der Waals surface area contributed by atoms with Gasteiger partial charge in [-0.1, -0.05) is 18.2 Å². The minimum absolute atomic E-state index is 0.0272. The number of rotatable bonds is 6. The molecule has 0 aliphatic heterocycles. The Morgan fingerprint density at radius 1 is 0.829 bits per heavy atom. The highest BCUT2D eigenvalue weighted by Gasteiger charge is 2.18. The molecule has 3 aromatic carbocycles. The van der Waals surface area contributed by atoms with Crippen molar-refractivity contribution in [3.8, 4) is 11.5 Å². The molecule has 0 heterocycles. The van der Waals surface area contributed by atoms with E-state index in [1.807, 2.05) is 71.9 Å². The lowest BCUT2D eigenvalue weighted by Crippen LogP contribution is -2.28. The Labute approximate surface area is 205 Å². The molecule has 0 saturated carbocycles. The fourth-order valence-electron chi connectivity index (χ4n) is 3.27. The first-order valence-electron chi connectivity index (χ1n) is 11.3. The van der Waals surface area contributed by atoms with Gasteiger partial charge in [0.2, 0.25) is 0 Å². The number of esters is 1. The number of carbonyl (C=O) groups is 2. The van der Waals surface area contributed by atoms with Crippen molar-refractivity contribution in [3.05, 3.63) is 54.6 Å². The van der Waals surface area contributed by atoms with Crippen molar-refractivity contribution in [1.29, 1.82) is 0 Å². The highest BCUT2D eigenvalue weighted by molar-refractivity contribution is 6.00. The molecule has 3 aromatic rings. The Hall–Kier alpha value is -3.94. The topological polar surface area (TPSA) is 112 Å². The summed E-state index contributed by atoms with van der Waals surface area (Å²) in [5, 5.41) is 7.54. The summed E-state index contributed by atoms with van der Waals surface area (Å²) < 4.78 is 16.7. The fraction of sp³-hybridized carbons (Fsp3) is 0.333. The van der Waals surface area contributed by atoms with Gasteiger partial charge in [-0.3, -0.25) is 10.1 Å². The van der Waals surface area contributed by atoms with E-state index in [1.54, 1.807) is 24.3 Å². The first-order chi connectivity index (χ1) is 16.3. The number of fused-ring (bicyclic) bond motifs is 1. The maximum Gasteiger partial charge on any atom is 0.412 e. The van der Waals surface area contributed by atoms with Crippen LogP contribution in [-0.4, -0.2) is 29.8 Å². The molecule has 0 aliphatic rings. The molecule has 3 rings (SSSR count). The molecule has 0 fully saturated rings. The molecule has 0 atom stereocenters. The van der Waals surface area contributed by atoms with Crippen LogP contribution in [0.15, 0.2) is 54.6 Å². The second-order valence-electron chi connectivity index (χ2n) is 10.1. The van der Waals surface area contributed by atoms with Gasteiger partial charge in [0.05, 0.1) is 17.1 Å². The minimum Gasteiger partial charge on any atom is -0.459 e. The Morgan fingerprint density at radius 2 is 1.49 bits per heavy atom. The van der Waals surface area contributed by atoms with E-state index in [0.717, 1.165) is 10.8 Å². The van der Waals surface area contributed by atoms with E-state index in [9.17, 15) is 9.59 Å². The number of ether oxygens (including phenoxy) is 3. The van der Waals surface area contributed by atoms with Crippen LogP contribution >= 0.6 is 0 Å². The first-order valence-corrected chi connectivity index (χ1v) is 11.3. The number of hydrogen-bond donors (Lipinski definition) is 3. The molecule has 0 bridgehead atoms. The number of carbonyl (C=O) groups excluding carboxylic acids is 2. The van der Waals surface area contributed by atoms with Gasteiger partial charge in [0.15, 0.2) is 0 Å². The molecule has 4 N–H and O–H groups in total. The molecular formula is C27H33N3O5. The Balaban J connectivity index is 1.77. The Bertz CT molecular complexity index is 1230. The summed E-state index contributed by atoms with van der Waals surface area (Å²) in [7, 11) is 0. The zero-order valence-electron chi connectivity index (χ0n) is 21.0. The number of amides is 1. The summed E-state index contributed by atoms with van der Waals surface area (Å²) >= 11 is 0. The molecule has 0 unspecified atom stereocenters. The lowest BCUT2D eigenvalue weighted by molar-refractivity contribution is -0.152. The molecule has 0 aromatic heterocycles. The summed E-state index contributed by atoms with van der Waals surface area (Å²) in [6.07, 6.45) is -0.532. The number of nitrogens with two attached hydrogens (primary N) is 1. The van der Waals surface area contributed by atoms with Crippen molar-refractivity contribution in [3.63, 3.8) is 0 Å². The van der Waals surface area contributed by atoms with Gasteiger partial charge in [-0.2, -0.15) is 0 Å². The van der Waals surface area contributed by atoms with Crippen LogP contribution in [0.1, 0.15) is 41.5 Å². The summed E-state index contributed by atoms with van der Waals surface area (Å²) in [6, 6.07) is 16.3. The van der Waals surface area contributed by atoms with Crippen molar-refractivity contribution in [1.82, 2.24) is 0 Å². The SMILES string of the molecule is CC(C)(C)OC(=O)CNc1cc(Oc2ccc3cccc(NC(=O)OC(C)(C)C)c3c2)ccc1N. The van der Waals surface area contributed by atoms with Crippen molar-refractivity contribution in [2.45, 2.75) is 52.7 Å². The van der Waals surface area contributed by atoms with Gasteiger partial charge in [-0.05, 0) is 77.3 Å². The molecule has 1 amide bonds. The van der Waals surface area contributed by atoms with Gasteiger partial charge in [0, 0.05) is 11.5 Å². The number of anilines is 3. The van der Waals surface area contributed by atoms with Gasteiger partial charge in [-0.25, -0.2) is 4.79 Å². The van der Waals surface area contributed by atoms with E-state index in [0.29, 0.717) is 28.6 Å². The van der Waals surface area contributed by atoms with E-state index < -0.39 is 17.3 Å².